The minimum atomic E-state index is 0. The summed E-state index contributed by atoms with van der Waals surface area (Å²) in [6.45, 7) is 2.00. The van der Waals surface area contributed by atoms with Crippen molar-refractivity contribution in [3.63, 3.8) is 0 Å². The molecule has 21 heavy (non-hydrogen) atoms. The first-order chi connectivity index (χ1) is 10.0. The van der Waals surface area contributed by atoms with E-state index >= 15 is 0 Å². The van der Waals surface area contributed by atoms with Crippen LogP contribution in [0.25, 0.3) is 0 Å². The maximum Gasteiger partial charge on any atom is 0.0466 e. The van der Waals surface area contributed by atoms with Gasteiger partial charge in [-0.1, -0.05) is 0 Å². The van der Waals surface area contributed by atoms with E-state index in [-0.39, 0.29) is 39.9 Å². The Morgan fingerprint density at radius 3 is 0.667 bits per heavy atom. The third-order valence-corrected chi connectivity index (χ3v) is 2.49. The van der Waals surface area contributed by atoms with E-state index in [1.54, 1.807) is 0 Å². The zero-order valence-electron chi connectivity index (χ0n) is 12.3. The van der Waals surface area contributed by atoms with Gasteiger partial charge in [-0.25, -0.2) is 0 Å². The molecule has 0 aromatic heterocycles. The second-order valence-corrected chi connectivity index (χ2v) is 4.21. The van der Waals surface area contributed by atoms with Crippen molar-refractivity contribution in [1.29, 1.82) is 0 Å². The molecule has 0 aromatic carbocycles. The fourth-order valence-electron chi connectivity index (χ4n) is 1.47. The Kier molecular flexibility index (Phi) is 20.5. The van der Waals surface area contributed by atoms with Crippen molar-refractivity contribution in [3.8, 4) is 0 Å². The van der Waals surface area contributed by atoms with Gasteiger partial charge in [-0.3, -0.25) is 0 Å². The molecule has 0 aromatic rings. The van der Waals surface area contributed by atoms with Gasteiger partial charge in [0.05, 0.1) is 0 Å². The number of rotatable bonds is 0. The van der Waals surface area contributed by atoms with E-state index < -0.39 is 0 Å². The van der Waals surface area contributed by atoms with Gasteiger partial charge in [0.25, 0.3) is 0 Å². The molecule has 1 saturated heterocycles. The van der Waals surface area contributed by atoms with Crippen LogP contribution < -0.4 is 0 Å². The summed E-state index contributed by atoms with van der Waals surface area (Å²) in [4.78, 5) is 0. The zero-order chi connectivity index (χ0) is 14.1. The second-order valence-electron chi connectivity index (χ2n) is 4.21. The van der Waals surface area contributed by atoms with E-state index in [9.17, 15) is 0 Å². The van der Waals surface area contributed by atoms with Gasteiger partial charge in [0.1, 0.15) is 0 Å². The fourth-order valence-corrected chi connectivity index (χ4v) is 1.47. The largest absolute Gasteiger partial charge is 0.381 e. The smallest absolute Gasteiger partial charge is 0.0466 e. The van der Waals surface area contributed by atoms with Crippen molar-refractivity contribution in [1.82, 2.24) is 0 Å². The third kappa shape index (κ3) is 17.5. The van der Waals surface area contributed by atoms with Crippen molar-refractivity contribution < 1.29 is 44.7 Å². The summed E-state index contributed by atoms with van der Waals surface area (Å²) in [5.41, 5.74) is 0. The van der Waals surface area contributed by atoms with E-state index in [1.165, 1.54) is 12.8 Å². The van der Waals surface area contributed by atoms with Gasteiger partial charge in [-0.15, -0.1) is 0 Å². The van der Waals surface area contributed by atoms with E-state index in [0.29, 0.717) is 0 Å². The molecule has 0 atom stereocenters. The molecule has 15 radical (unpaired) electrons. The summed E-state index contributed by atoms with van der Waals surface area (Å²) in [6.07, 6.45) is 32.6. The SMILES string of the molecule is C1CCOC1.[CH]1[CH][CH][CH][CH]1.[CH]1[CH][CH][CH][CH]1.[CH]1[CH][CH][CH][CH]1.[Gd]. The monoisotopic (exact) mass is 425 g/mol. The van der Waals surface area contributed by atoms with Gasteiger partial charge in [0.15, 0.2) is 0 Å². The van der Waals surface area contributed by atoms with Crippen LogP contribution in [0.15, 0.2) is 0 Å². The molecule has 1 aliphatic heterocycles. The first-order valence-corrected chi connectivity index (χ1v) is 7.08. The van der Waals surface area contributed by atoms with E-state index in [2.05, 4.69) is 0 Å². The standard InChI is InChI=1S/3C5H5.C4H8O.Gd/c4*1-2-4-5-3-1;/h3*1-5H;1-4H2;. The second kappa shape index (κ2) is 19.3. The van der Waals surface area contributed by atoms with Crippen molar-refractivity contribution >= 4 is 0 Å². The van der Waals surface area contributed by atoms with Gasteiger partial charge in [0.2, 0.25) is 0 Å². The van der Waals surface area contributed by atoms with Crippen LogP contribution >= 0.6 is 0 Å². The topological polar surface area (TPSA) is 9.23 Å². The maximum absolute atomic E-state index is 4.94. The van der Waals surface area contributed by atoms with Gasteiger partial charge >= 0.3 is 0 Å². The van der Waals surface area contributed by atoms with Crippen LogP contribution in [0.1, 0.15) is 12.8 Å². The molecule has 4 rings (SSSR count). The average Bonchev–Trinajstić information content (AvgIpc) is 3.40. The Morgan fingerprint density at radius 2 is 0.571 bits per heavy atom. The minimum Gasteiger partial charge on any atom is -0.381 e. The molecule has 3 aliphatic carbocycles. The van der Waals surface area contributed by atoms with Crippen molar-refractivity contribution in [2.75, 3.05) is 13.2 Å². The molecule has 3 saturated carbocycles. The molecule has 1 nitrogen and oxygen atoms in total. The predicted octanol–water partition coefficient (Wildman–Crippen LogP) is 3.86. The van der Waals surface area contributed by atoms with Crippen molar-refractivity contribution in [3.05, 3.63) is 96.3 Å². The molecule has 1 heterocycles. The number of hydrogen-bond donors (Lipinski definition) is 0. The van der Waals surface area contributed by atoms with Crippen molar-refractivity contribution in [2.45, 2.75) is 12.8 Å². The van der Waals surface area contributed by atoms with Crippen LogP contribution in [0.3, 0.4) is 0 Å². The van der Waals surface area contributed by atoms with Gasteiger partial charge in [-0.2, -0.15) is 0 Å². The molecular weight excluding hydrogens is 401 g/mol. The quantitative estimate of drug-likeness (QED) is 0.574. The van der Waals surface area contributed by atoms with Crippen molar-refractivity contribution in [2.24, 2.45) is 0 Å². The summed E-state index contributed by atoms with van der Waals surface area (Å²) in [5, 5.41) is 0. The first-order valence-electron chi connectivity index (χ1n) is 7.08. The molecule has 0 N–H and O–H groups in total. The number of ether oxygens (including phenoxy) is 1. The molecule has 113 valence electrons. The van der Waals surface area contributed by atoms with E-state index in [1.807, 2.05) is 96.3 Å². The average molecular weight is 425 g/mol. The summed E-state index contributed by atoms with van der Waals surface area (Å²) in [6, 6.07) is 0. The number of hydrogen-bond acceptors (Lipinski definition) is 1. The summed E-state index contributed by atoms with van der Waals surface area (Å²) >= 11 is 0. The Balaban J connectivity index is 0.000000250. The van der Waals surface area contributed by atoms with E-state index in [0.717, 1.165) is 13.2 Å². The summed E-state index contributed by atoms with van der Waals surface area (Å²) in [7, 11) is 0. The Morgan fingerprint density at radius 1 is 0.381 bits per heavy atom. The molecule has 4 aliphatic rings. The zero-order valence-corrected chi connectivity index (χ0v) is 14.5. The van der Waals surface area contributed by atoms with Crippen LogP contribution in [0.5, 0.6) is 0 Å². The van der Waals surface area contributed by atoms with Crippen LogP contribution in [0, 0.1) is 136 Å². The first kappa shape index (κ1) is 22.3. The van der Waals surface area contributed by atoms with Crippen LogP contribution in [-0.4, -0.2) is 13.2 Å². The predicted molar refractivity (Wildman–Crippen MR) is 84.6 cm³/mol. The third-order valence-electron chi connectivity index (χ3n) is 2.49. The Labute approximate surface area is 166 Å². The van der Waals surface area contributed by atoms with Gasteiger partial charge < -0.3 is 4.74 Å². The van der Waals surface area contributed by atoms with Gasteiger partial charge in [0, 0.05) is 53.2 Å². The molecule has 0 unspecified atom stereocenters. The van der Waals surface area contributed by atoms with Crippen LogP contribution in [0.4, 0.5) is 0 Å². The molecule has 4 fully saturated rings. The summed E-state index contributed by atoms with van der Waals surface area (Å²) in [5.74, 6) is 0. The minimum absolute atomic E-state index is 0. The molecular formula is C19H23GdO. The van der Waals surface area contributed by atoms with Crippen LogP contribution in [-0.2, 0) is 4.74 Å². The molecule has 0 spiro atoms. The summed E-state index contributed by atoms with van der Waals surface area (Å²) < 4.78 is 4.94. The Bertz CT molecular complexity index is 98.0. The normalized spacial score (nSPS) is 22.9. The van der Waals surface area contributed by atoms with Crippen LogP contribution in [0.2, 0.25) is 0 Å². The van der Waals surface area contributed by atoms with Gasteiger partial charge in [-0.05, 0) is 109 Å². The molecule has 2 heteroatoms. The molecule has 0 bridgehead atoms. The fraction of sp³-hybridized carbons (Fsp3) is 0.211. The van der Waals surface area contributed by atoms with E-state index in [4.69, 9.17) is 4.74 Å². The molecule has 0 amide bonds. The maximum atomic E-state index is 4.94. The Hall–Kier alpha value is 1.28.